The molecule has 0 aliphatic carbocycles. The first-order chi connectivity index (χ1) is 10.2. The molecule has 1 aromatic heterocycles. The minimum absolute atomic E-state index is 0.219. The van der Waals surface area contributed by atoms with Gasteiger partial charge in [-0.2, -0.15) is 0 Å². The Bertz CT molecular complexity index is 819. The molecule has 1 aromatic carbocycles. The maximum absolute atomic E-state index is 11.6. The number of hydrogen-bond acceptors (Lipinski definition) is 2. The molecule has 0 atom stereocenters. The molecule has 2 aromatic rings. The smallest absolute Gasteiger partial charge is 0.323 e. The molecule has 1 amide bonds. The van der Waals surface area contributed by atoms with E-state index >= 15 is 0 Å². The van der Waals surface area contributed by atoms with E-state index in [4.69, 9.17) is 10.8 Å². The third kappa shape index (κ3) is 3.57. The normalized spacial score (nSPS) is 11.0. The second kappa shape index (κ2) is 5.70. The van der Waals surface area contributed by atoms with E-state index in [1.165, 1.54) is 10.8 Å². The molecule has 6 heteroatoms. The number of rotatable bonds is 3. The van der Waals surface area contributed by atoms with E-state index < -0.39 is 20.0 Å². The second-order valence-corrected chi connectivity index (χ2v) is 10.9. The van der Waals surface area contributed by atoms with Gasteiger partial charge in [-0.25, -0.2) is 0 Å². The summed E-state index contributed by atoms with van der Waals surface area (Å²) in [4.78, 5) is 22.5. The van der Waals surface area contributed by atoms with Crippen LogP contribution in [0.3, 0.4) is 0 Å². The summed E-state index contributed by atoms with van der Waals surface area (Å²) in [7, 11) is -1.50. The Labute approximate surface area is 129 Å². The molecular weight excluding hydrogens is 296 g/mol. The molecular formula is C16H18N2O3Si. The summed E-state index contributed by atoms with van der Waals surface area (Å²) in [6.45, 7) is 6.23. The van der Waals surface area contributed by atoms with Gasteiger partial charge in [0.25, 0.3) is 5.91 Å². The van der Waals surface area contributed by atoms with Crippen molar-refractivity contribution in [1.82, 2.24) is 4.57 Å². The summed E-state index contributed by atoms with van der Waals surface area (Å²) < 4.78 is 1.51. The molecule has 114 valence electrons. The SMILES string of the molecule is C[Si](C)(C)C#Cc1ccc2c(c1)c(C(N)=O)cn2CC(=O)O. The van der Waals surface area contributed by atoms with Crippen molar-refractivity contribution in [2.75, 3.05) is 0 Å². The van der Waals surface area contributed by atoms with Crippen LogP contribution in [-0.4, -0.2) is 29.6 Å². The minimum atomic E-state index is -1.50. The number of hydrogen-bond donors (Lipinski definition) is 2. The highest BCUT2D eigenvalue weighted by molar-refractivity contribution is 6.83. The third-order valence-electron chi connectivity index (χ3n) is 3.03. The van der Waals surface area contributed by atoms with Gasteiger partial charge in [0.1, 0.15) is 14.6 Å². The third-order valence-corrected chi connectivity index (χ3v) is 3.91. The van der Waals surface area contributed by atoms with Crippen molar-refractivity contribution in [1.29, 1.82) is 0 Å². The van der Waals surface area contributed by atoms with E-state index in [2.05, 4.69) is 31.1 Å². The summed E-state index contributed by atoms with van der Waals surface area (Å²) in [5.74, 6) is 1.57. The lowest BCUT2D eigenvalue weighted by Crippen LogP contribution is -2.16. The number of nitrogens with zero attached hydrogens (tertiary/aromatic N) is 1. The van der Waals surface area contributed by atoms with E-state index in [-0.39, 0.29) is 6.54 Å². The number of fused-ring (bicyclic) bond motifs is 1. The van der Waals surface area contributed by atoms with Crippen molar-refractivity contribution in [3.63, 3.8) is 0 Å². The van der Waals surface area contributed by atoms with Crippen LogP contribution in [0, 0.1) is 11.5 Å². The Morgan fingerprint density at radius 2 is 2.00 bits per heavy atom. The number of benzene rings is 1. The lowest BCUT2D eigenvalue weighted by molar-refractivity contribution is -0.137. The van der Waals surface area contributed by atoms with Gasteiger partial charge >= 0.3 is 5.97 Å². The zero-order valence-corrected chi connectivity index (χ0v) is 13.8. The molecule has 0 radical (unpaired) electrons. The van der Waals surface area contributed by atoms with Crippen molar-refractivity contribution in [2.24, 2.45) is 5.73 Å². The number of primary amides is 1. The largest absolute Gasteiger partial charge is 0.480 e. The van der Waals surface area contributed by atoms with Crippen LogP contribution in [0.5, 0.6) is 0 Å². The van der Waals surface area contributed by atoms with Gasteiger partial charge in [0, 0.05) is 22.7 Å². The van der Waals surface area contributed by atoms with Crippen LogP contribution in [0.25, 0.3) is 10.9 Å². The van der Waals surface area contributed by atoms with Gasteiger partial charge in [-0.3, -0.25) is 9.59 Å². The van der Waals surface area contributed by atoms with Crippen LogP contribution in [-0.2, 0) is 11.3 Å². The predicted molar refractivity (Wildman–Crippen MR) is 88.3 cm³/mol. The number of carbonyl (C=O) groups excluding carboxylic acids is 1. The molecule has 0 bridgehead atoms. The molecule has 22 heavy (non-hydrogen) atoms. The highest BCUT2D eigenvalue weighted by Gasteiger charge is 2.14. The average molecular weight is 314 g/mol. The summed E-state index contributed by atoms with van der Waals surface area (Å²) >= 11 is 0. The average Bonchev–Trinajstić information content (AvgIpc) is 2.73. The second-order valence-electron chi connectivity index (χ2n) is 6.16. The van der Waals surface area contributed by atoms with Gasteiger partial charge in [0.05, 0.1) is 5.56 Å². The lowest BCUT2D eigenvalue weighted by atomic mass is 10.1. The van der Waals surface area contributed by atoms with E-state index in [1.54, 1.807) is 12.1 Å². The fraction of sp³-hybridized carbons (Fsp3) is 0.250. The molecule has 0 saturated heterocycles. The van der Waals surface area contributed by atoms with Gasteiger partial charge in [0.15, 0.2) is 0 Å². The van der Waals surface area contributed by atoms with E-state index in [1.807, 2.05) is 6.07 Å². The first-order valence-corrected chi connectivity index (χ1v) is 10.3. The first-order valence-electron chi connectivity index (χ1n) is 6.85. The van der Waals surface area contributed by atoms with Crippen LogP contribution in [0.4, 0.5) is 0 Å². The van der Waals surface area contributed by atoms with Crippen molar-refractivity contribution in [3.05, 3.63) is 35.5 Å². The molecule has 5 nitrogen and oxygen atoms in total. The number of nitrogens with two attached hydrogens (primary N) is 1. The molecule has 0 fully saturated rings. The van der Waals surface area contributed by atoms with Gasteiger partial charge in [-0.1, -0.05) is 25.6 Å². The molecule has 0 aliphatic heterocycles. The zero-order valence-electron chi connectivity index (χ0n) is 12.8. The Balaban J connectivity index is 2.59. The lowest BCUT2D eigenvalue weighted by Gasteiger charge is -2.04. The maximum atomic E-state index is 11.6. The summed E-state index contributed by atoms with van der Waals surface area (Å²) in [6, 6.07) is 5.40. The van der Waals surface area contributed by atoms with Gasteiger partial charge in [-0.15, -0.1) is 5.54 Å². The molecule has 0 unspecified atom stereocenters. The van der Waals surface area contributed by atoms with Crippen LogP contribution in [0.15, 0.2) is 24.4 Å². The van der Waals surface area contributed by atoms with Crippen LogP contribution < -0.4 is 5.73 Å². The number of amides is 1. The van der Waals surface area contributed by atoms with E-state index in [0.717, 1.165) is 5.56 Å². The fourth-order valence-electron chi connectivity index (χ4n) is 2.11. The number of carboxylic acid groups (broad SMARTS) is 1. The van der Waals surface area contributed by atoms with Gasteiger partial charge in [0.2, 0.25) is 0 Å². The highest BCUT2D eigenvalue weighted by atomic mass is 28.3. The zero-order chi connectivity index (χ0) is 16.5. The molecule has 0 saturated carbocycles. The maximum Gasteiger partial charge on any atom is 0.323 e. The van der Waals surface area contributed by atoms with E-state index in [9.17, 15) is 9.59 Å². The van der Waals surface area contributed by atoms with Crippen molar-refractivity contribution < 1.29 is 14.7 Å². The van der Waals surface area contributed by atoms with Crippen LogP contribution >= 0.6 is 0 Å². The van der Waals surface area contributed by atoms with Crippen molar-refractivity contribution in [3.8, 4) is 11.5 Å². The Morgan fingerprint density at radius 1 is 1.32 bits per heavy atom. The topological polar surface area (TPSA) is 85.3 Å². The highest BCUT2D eigenvalue weighted by Crippen LogP contribution is 2.22. The molecule has 0 aliphatic rings. The van der Waals surface area contributed by atoms with Crippen molar-refractivity contribution in [2.45, 2.75) is 26.2 Å². The number of aliphatic carboxylic acids is 1. The van der Waals surface area contributed by atoms with Crippen molar-refractivity contribution >= 4 is 30.9 Å². The summed E-state index contributed by atoms with van der Waals surface area (Å²) in [5.41, 5.74) is 10.4. The Kier molecular flexibility index (Phi) is 4.11. The monoisotopic (exact) mass is 314 g/mol. The molecule has 3 N–H and O–H groups in total. The first kappa shape index (κ1) is 15.9. The van der Waals surface area contributed by atoms with Crippen LogP contribution in [0.1, 0.15) is 15.9 Å². The number of carbonyl (C=O) groups is 2. The molecule has 2 rings (SSSR count). The van der Waals surface area contributed by atoms with Gasteiger partial charge < -0.3 is 15.4 Å². The molecule has 1 heterocycles. The van der Waals surface area contributed by atoms with Crippen LogP contribution in [0.2, 0.25) is 19.6 Å². The Hall–Kier alpha value is -2.52. The van der Waals surface area contributed by atoms with E-state index in [0.29, 0.717) is 16.5 Å². The quantitative estimate of drug-likeness (QED) is 0.671. The Morgan fingerprint density at radius 3 is 2.55 bits per heavy atom. The van der Waals surface area contributed by atoms with Gasteiger partial charge in [-0.05, 0) is 18.2 Å². The summed E-state index contributed by atoms with van der Waals surface area (Å²) in [6.07, 6.45) is 1.48. The number of aromatic nitrogens is 1. The summed E-state index contributed by atoms with van der Waals surface area (Å²) in [5, 5.41) is 9.58. The predicted octanol–water partition coefficient (Wildman–Crippen LogP) is 2.05. The fourth-order valence-corrected chi connectivity index (χ4v) is 2.63. The number of carboxylic acids is 1. The molecule has 0 spiro atoms. The standard InChI is InChI=1S/C16H18N2O3Si/c1-22(2,3)7-6-11-4-5-14-12(8-11)13(16(17)21)9-18(14)10-15(19)20/h4-5,8-9H,10H2,1-3H3,(H2,17,21)(H,19,20). The minimum Gasteiger partial charge on any atom is -0.480 e.